The fourth-order valence-corrected chi connectivity index (χ4v) is 4.41. The van der Waals surface area contributed by atoms with E-state index in [0.29, 0.717) is 10.8 Å². The molecular formula is C26H31ClN2O7. The number of pyridine rings is 1. The molecule has 0 radical (unpaired) electrons. The molecule has 36 heavy (non-hydrogen) atoms. The Hall–Kier alpha value is -3.33. The quantitative estimate of drug-likeness (QED) is 0.462. The molecular weight excluding hydrogens is 488 g/mol. The average molecular weight is 519 g/mol. The van der Waals surface area contributed by atoms with Crippen molar-refractivity contribution in [2.24, 2.45) is 5.92 Å². The molecule has 0 bridgehead atoms. The molecule has 1 heterocycles. The fraction of sp³-hybridized carbons (Fsp3) is 0.462. The van der Waals surface area contributed by atoms with E-state index in [-0.39, 0.29) is 29.2 Å². The topological polar surface area (TPSA) is 113 Å². The van der Waals surface area contributed by atoms with Crippen LogP contribution in [0.3, 0.4) is 0 Å². The minimum atomic E-state index is -1.01. The van der Waals surface area contributed by atoms with Crippen molar-refractivity contribution in [2.75, 3.05) is 7.11 Å². The Morgan fingerprint density at radius 1 is 1.14 bits per heavy atom. The summed E-state index contributed by atoms with van der Waals surface area (Å²) in [5.74, 6) is -1.14. The van der Waals surface area contributed by atoms with Crippen molar-refractivity contribution in [3.05, 3.63) is 47.2 Å². The van der Waals surface area contributed by atoms with Crippen LogP contribution in [0, 0.1) is 5.92 Å². The summed E-state index contributed by atoms with van der Waals surface area (Å²) in [5, 5.41) is 3.10. The minimum absolute atomic E-state index is 0.129. The number of carbonyl (C=O) groups excluding carboxylic acids is 3. The zero-order chi connectivity index (χ0) is 26.2. The van der Waals surface area contributed by atoms with Gasteiger partial charge in [-0.3, -0.25) is 9.59 Å². The second-order valence-corrected chi connectivity index (χ2v) is 9.14. The molecule has 1 N–H and O–H groups in total. The molecule has 10 heteroatoms. The van der Waals surface area contributed by atoms with Gasteiger partial charge in [0.2, 0.25) is 5.75 Å². The summed E-state index contributed by atoms with van der Waals surface area (Å²) in [6.45, 7) is 4.48. The fourth-order valence-electron chi connectivity index (χ4n) is 4.23. The molecule has 0 unspecified atom stereocenters. The van der Waals surface area contributed by atoms with E-state index in [1.165, 1.54) is 33.2 Å². The van der Waals surface area contributed by atoms with Gasteiger partial charge in [-0.05, 0) is 50.8 Å². The van der Waals surface area contributed by atoms with Crippen LogP contribution in [0.4, 0.5) is 0 Å². The molecule has 2 aromatic rings. The van der Waals surface area contributed by atoms with Crippen LogP contribution < -0.4 is 19.5 Å². The number of aromatic nitrogens is 1. The number of esters is 2. The maximum atomic E-state index is 12.9. The molecule has 194 valence electrons. The van der Waals surface area contributed by atoms with E-state index in [1.807, 2.05) is 6.07 Å². The first-order chi connectivity index (χ1) is 17.2. The van der Waals surface area contributed by atoms with Crippen LogP contribution in [-0.4, -0.2) is 48.2 Å². The first kappa shape index (κ1) is 27.3. The van der Waals surface area contributed by atoms with Gasteiger partial charge in [-0.15, -0.1) is 0 Å². The number of hydrogen-bond acceptors (Lipinski definition) is 8. The van der Waals surface area contributed by atoms with E-state index in [2.05, 4.69) is 10.3 Å². The number of ether oxygens (including phenoxy) is 4. The molecule has 0 spiro atoms. The van der Waals surface area contributed by atoms with Crippen LogP contribution >= 0.6 is 11.6 Å². The van der Waals surface area contributed by atoms with E-state index in [9.17, 15) is 14.4 Å². The van der Waals surface area contributed by atoms with Gasteiger partial charge in [-0.25, -0.2) is 9.78 Å². The number of halogens is 1. The lowest BCUT2D eigenvalue weighted by Crippen LogP contribution is -2.45. The van der Waals surface area contributed by atoms with Crippen molar-refractivity contribution >= 4 is 29.4 Å². The molecule has 1 aliphatic carbocycles. The largest absolute Gasteiger partial charge is 0.493 e. The predicted molar refractivity (Wildman–Crippen MR) is 132 cm³/mol. The molecule has 1 aromatic heterocycles. The summed E-state index contributed by atoms with van der Waals surface area (Å²) in [7, 11) is 1.37. The molecule has 1 aliphatic rings. The first-order valence-corrected chi connectivity index (χ1v) is 12.2. The molecule has 3 atom stereocenters. The summed E-state index contributed by atoms with van der Waals surface area (Å²) >= 11 is 6.10. The molecule has 1 saturated carbocycles. The van der Waals surface area contributed by atoms with E-state index < -0.39 is 30.0 Å². The lowest BCUT2D eigenvalue weighted by Gasteiger charge is -2.30. The molecule has 0 saturated heterocycles. The summed E-state index contributed by atoms with van der Waals surface area (Å²) in [4.78, 5) is 41.2. The van der Waals surface area contributed by atoms with Gasteiger partial charge in [-0.2, -0.15) is 0 Å². The van der Waals surface area contributed by atoms with E-state index >= 15 is 0 Å². The lowest BCUT2D eigenvalue weighted by molar-refractivity contribution is -0.156. The van der Waals surface area contributed by atoms with Crippen LogP contribution in [0.25, 0.3) is 0 Å². The van der Waals surface area contributed by atoms with Crippen molar-refractivity contribution in [1.29, 1.82) is 0 Å². The SMILES string of the molecule is COc1ccnc(C(=O)N[C@@H](C)C(=O)O[C@@H](C)[C@H](Oc2cccc(Cl)c2)C2CCCC2)c1OC(C)=O. The third kappa shape index (κ3) is 7.10. The van der Waals surface area contributed by atoms with Crippen LogP contribution in [0.2, 0.25) is 5.02 Å². The van der Waals surface area contributed by atoms with E-state index in [4.69, 9.17) is 30.5 Å². The smallest absolute Gasteiger partial charge is 0.328 e. The van der Waals surface area contributed by atoms with E-state index in [1.54, 1.807) is 25.1 Å². The van der Waals surface area contributed by atoms with Crippen LogP contribution in [0.15, 0.2) is 36.5 Å². The number of benzene rings is 1. The molecule has 0 aliphatic heterocycles. The Bertz CT molecular complexity index is 1090. The van der Waals surface area contributed by atoms with Gasteiger partial charge in [0, 0.05) is 24.2 Å². The van der Waals surface area contributed by atoms with Crippen LogP contribution in [0.1, 0.15) is 56.9 Å². The van der Waals surface area contributed by atoms with Crippen molar-refractivity contribution in [2.45, 2.75) is 64.7 Å². The Labute approximate surface area is 215 Å². The summed E-state index contributed by atoms with van der Waals surface area (Å²) in [6.07, 6.45) is 4.51. The highest BCUT2D eigenvalue weighted by Gasteiger charge is 2.34. The number of nitrogens with one attached hydrogen (secondary N) is 1. The molecule has 1 amide bonds. The lowest BCUT2D eigenvalue weighted by atomic mass is 9.96. The number of methoxy groups -OCH3 is 1. The monoisotopic (exact) mass is 518 g/mol. The van der Waals surface area contributed by atoms with Crippen molar-refractivity contribution in [3.63, 3.8) is 0 Å². The van der Waals surface area contributed by atoms with Gasteiger partial charge in [0.25, 0.3) is 5.91 Å². The summed E-state index contributed by atoms with van der Waals surface area (Å²) in [6, 6.07) is 7.55. The number of nitrogens with zero attached hydrogens (tertiary/aromatic N) is 1. The van der Waals surface area contributed by atoms with Gasteiger partial charge >= 0.3 is 11.9 Å². The third-order valence-corrected chi connectivity index (χ3v) is 6.18. The number of rotatable bonds is 10. The van der Waals surface area contributed by atoms with Gasteiger partial charge in [0.15, 0.2) is 11.4 Å². The predicted octanol–water partition coefficient (Wildman–Crippen LogP) is 4.36. The highest BCUT2D eigenvalue weighted by atomic mass is 35.5. The second kappa shape index (κ2) is 12.6. The number of amides is 1. The Kier molecular flexibility index (Phi) is 9.52. The summed E-state index contributed by atoms with van der Waals surface area (Å²) < 4.78 is 22.2. The molecule has 9 nitrogen and oxygen atoms in total. The normalized spacial score (nSPS) is 15.9. The van der Waals surface area contributed by atoms with Crippen LogP contribution in [-0.2, 0) is 14.3 Å². The minimum Gasteiger partial charge on any atom is -0.493 e. The zero-order valence-corrected chi connectivity index (χ0v) is 21.5. The first-order valence-electron chi connectivity index (χ1n) is 11.8. The standard InChI is InChI=1S/C26H31ClN2O7/c1-15(29-25(31)22-24(35-17(3)30)21(33-4)12-13-28-22)26(32)34-16(2)23(18-8-5-6-9-18)36-20-11-7-10-19(27)14-20/h7,10-16,18,23H,5-6,8-9H2,1-4H3,(H,29,31)/t15-,16-,23-/m0/s1. The maximum absolute atomic E-state index is 12.9. The van der Waals surface area contributed by atoms with Crippen molar-refractivity contribution < 1.29 is 33.3 Å². The molecule has 1 aromatic carbocycles. The van der Waals surface area contributed by atoms with Gasteiger partial charge in [-0.1, -0.05) is 30.5 Å². The maximum Gasteiger partial charge on any atom is 0.328 e. The average Bonchev–Trinajstić information content (AvgIpc) is 3.36. The molecule has 1 fully saturated rings. The Morgan fingerprint density at radius 2 is 1.86 bits per heavy atom. The van der Waals surface area contributed by atoms with Gasteiger partial charge in [0.1, 0.15) is 24.0 Å². The van der Waals surface area contributed by atoms with Crippen molar-refractivity contribution in [3.8, 4) is 17.2 Å². The van der Waals surface area contributed by atoms with Crippen molar-refractivity contribution in [1.82, 2.24) is 10.3 Å². The highest BCUT2D eigenvalue weighted by molar-refractivity contribution is 6.30. The molecule has 3 rings (SSSR count). The zero-order valence-electron chi connectivity index (χ0n) is 20.8. The highest BCUT2D eigenvalue weighted by Crippen LogP contribution is 2.33. The van der Waals surface area contributed by atoms with Crippen LogP contribution in [0.5, 0.6) is 17.2 Å². The number of carbonyl (C=O) groups is 3. The van der Waals surface area contributed by atoms with E-state index in [0.717, 1.165) is 25.7 Å². The van der Waals surface area contributed by atoms with Gasteiger partial charge in [0.05, 0.1) is 7.11 Å². The number of hydrogen-bond donors (Lipinski definition) is 1. The second-order valence-electron chi connectivity index (χ2n) is 8.71. The Balaban J connectivity index is 1.69. The third-order valence-electron chi connectivity index (χ3n) is 5.95. The Morgan fingerprint density at radius 3 is 2.50 bits per heavy atom. The summed E-state index contributed by atoms with van der Waals surface area (Å²) in [5.41, 5.74) is -0.189. The van der Waals surface area contributed by atoms with Gasteiger partial charge < -0.3 is 24.3 Å².